The highest BCUT2D eigenvalue weighted by atomic mass is 16.2. The van der Waals surface area contributed by atoms with Gasteiger partial charge >= 0.3 is 6.03 Å². The van der Waals surface area contributed by atoms with E-state index in [2.05, 4.69) is 20.6 Å². The Hall–Kier alpha value is -2.89. The van der Waals surface area contributed by atoms with Gasteiger partial charge in [-0.2, -0.15) is 0 Å². The summed E-state index contributed by atoms with van der Waals surface area (Å²) in [5.41, 5.74) is 21.3. The largest absolute Gasteiger partial charge is 0.370 e. The van der Waals surface area contributed by atoms with Crippen molar-refractivity contribution in [2.75, 3.05) is 20.1 Å². The summed E-state index contributed by atoms with van der Waals surface area (Å²) in [6.07, 6.45) is 1.80. The van der Waals surface area contributed by atoms with E-state index in [0.717, 1.165) is 0 Å². The SMILES string of the molecule is CN(C(=O)[C@@H](N)CCCCN=C(N)N)C1CN=C(NC(N)=O)NC1=O. The lowest BCUT2D eigenvalue weighted by Crippen LogP contribution is -2.59. The summed E-state index contributed by atoms with van der Waals surface area (Å²) < 4.78 is 0. The third kappa shape index (κ3) is 6.63. The Morgan fingerprint density at radius 1 is 1.40 bits per heavy atom. The van der Waals surface area contributed by atoms with Gasteiger partial charge in [-0.05, 0) is 19.3 Å². The number of likely N-dealkylation sites (N-methyl/N-ethyl adjacent to an activating group) is 1. The van der Waals surface area contributed by atoms with E-state index >= 15 is 0 Å². The highest BCUT2D eigenvalue weighted by Gasteiger charge is 2.32. The van der Waals surface area contributed by atoms with E-state index in [-0.39, 0.29) is 24.4 Å². The van der Waals surface area contributed by atoms with Crippen molar-refractivity contribution in [1.29, 1.82) is 0 Å². The van der Waals surface area contributed by atoms with Crippen LogP contribution in [0.15, 0.2) is 9.98 Å². The van der Waals surface area contributed by atoms with Crippen LogP contribution >= 0.6 is 0 Å². The molecule has 12 nitrogen and oxygen atoms in total. The van der Waals surface area contributed by atoms with Crippen molar-refractivity contribution in [1.82, 2.24) is 15.5 Å². The number of rotatable bonds is 7. The lowest BCUT2D eigenvalue weighted by Gasteiger charge is -2.30. The third-order valence-corrected chi connectivity index (χ3v) is 3.56. The Labute approximate surface area is 145 Å². The molecule has 25 heavy (non-hydrogen) atoms. The number of guanidine groups is 2. The molecule has 1 heterocycles. The first-order chi connectivity index (χ1) is 11.7. The van der Waals surface area contributed by atoms with Crippen LogP contribution in [0.2, 0.25) is 0 Å². The maximum atomic E-state index is 12.3. The molecule has 1 aliphatic heterocycles. The van der Waals surface area contributed by atoms with Crippen molar-refractivity contribution in [2.24, 2.45) is 32.9 Å². The van der Waals surface area contributed by atoms with E-state index in [1.807, 2.05) is 0 Å². The first kappa shape index (κ1) is 20.2. The molecule has 0 aliphatic carbocycles. The quantitative estimate of drug-likeness (QED) is 0.157. The number of urea groups is 1. The molecule has 4 amide bonds. The molecular weight excluding hydrogens is 330 g/mol. The minimum Gasteiger partial charge on any atom is -0.370 e. The van der Waals surface area contributed by atoms with Gasteiger partial charge in [0.1, 0.15) is 6.04 Å². The fourth-order valence-corrected chi connectivity index (χ4v) is 2.21. The number of primary amides is 1. The van der Waals surface area contributed by atoms with Crippen LogP contribution in [0.5, 0.6) is 0 Å². The number of amides is 4. The number of nitrogens with two attached hydrogens (primary N) is 4. The molecule has 0 fully saturated rings. The first-order valence-electron chi connectivity index (χ1n) is 7.71. The molecular formula is C13H25N9O3. The minimum absolute atomic E-state index is 0.000891. The van der Waals surface area contributed by atoms with E-state index in [4.69, 9.17) is 22.9 Å². The van der Waals surface area contributed by atoms with E-state index in [1.165, 1.54) is 11.9 Å². The summed E-state index contributed by atoms with van der Waals surface area (Å²) in [5, 5.41) is 4.54. The molecule has 0 radical (unpaired) electrons. The number of hydrogen-bond donors (Lipinski definition) is 6. The van der Waals surface area contributed by atoms with Crippen molar-refractivity contribution in [2.45, 2.75) is 31.3 Å². The number of nitrogens with one attached hydrogen (secondary N) is 2. The molecule has 0 aromatic rings. The fourth-order valence-electron chi connectivity index (χ4n) is 2.21. The number of carbonyl (C=O) groups excluding carboxylic acids is 3. The Balaban J connectivity index is 2.49. The molecule has 0 aromatic carbocycles. The summed E-state index contributed by atoms with van der Waals surface area (Å²) in [6, 6.07) is -2.39. The van der Waals surface area contributed by atoms with Gasteiger partial charge in [0.25, 0.3) is 5.91 Å². The second-order valence-corrected chi connectivity index (χ2v) is 5.54. The van der Waals surface area contributed by atoms with Crippen molar-refractivity contribution >= 4 is 29.8 Å². The highest BCUT2D eigenvalue weighted by molar-refractivity contribution is 6.07. The molecule has 10 N–H and O–H groups in total. The summed E-state index contributed by atoms with van der Waals surface area (Å²) >= 11 is 0. The van der Waals surface area contributed by atoms with E-state index in [9.17, 15) is 14.4 Å². The summed E-state index contributed by atoms with van der Waals surface area (Å²) in [6.45, 7) is 0.468. The topological polar surface area (TPSA) is 207 Å². The third-order valence-electron chi connectivity index (χ3n) is 3.56. The average Bonchev–Trinajstić information content (AvgIpc) is 2.52. The van der Waals surface area contributed by atoms with Crippen molar-refractivity contribution in [3.05, 3.63) is 0 Å². The van der Waals surface area contributed by atoms with Crippen molar-refractivity contribution < 1.29 is 14.4 Å². The minimum atomic E-state index is -0.843. The highest BCUT2D eigenvalue weighted by Crippen LogP contribution is 2.08. The van der Waals surface area contributed by atoms with Gasteiger partial charge in [0, 0.05) is 13.6 Å². The predicted octanol–water partition coefficient (Wildman–Crippen LogP) is -3.26. The average molecular weight is 355 g/mol. The maximum Gasteiger partial charge on any atom is 0.318 e. The second kappa shape index (κ2) is 9.42. The van der Waals surface area contributed by atoms with Gasteiger partial charge in [0.05, 0.1) is 12.6 Å². The zero-order valence-electron chi connectivity index (χ0n) is 14.1. The Morgan fingerprint density at radius 3 is 2.64 bits per heavy atom. The van der Waals surface area contributed by atoms with Crippen LogP contribution in [-0.4, -0.2) is 66.9 Å². The van der Waals surface area contributed by atoms with Gasteiger partial charge in [0.15, 0.2) is 5.96 Å². The molecule has 0 bridgehead atoms. The lowest BCUT2D eigenvalue weighted by molar-refractivity contribution is -0.139. The number of aliphatic imine (C=N–C) groups is 2. The number of nitrogens with zero attached hydrogens (tertiary/aromatic N) is 3. The van der Waals surface area contributed by atoms with Gasteiger partial charge in [0.2, 0.25) is 11.9 Å². The van der Waals surface area contributed by atoms with Crippen LogP contribution in [-0.2, 0) is 9.59 Å². The van der Waals surface area contributed by atoms with Crippen LogP contribution in [0.4, 0.5) is 4.79 Å². The smallest absolute Gasteiger partial charge is 0.318 e. The monoisotopic (exact) mass is 355 g/mol. The van der Waals surface area contributed by atoms with Gasteiger partial charge in [-0.3, -0.25) is 25.2 Å². The fraction of sp³-hybridized carbons (Fsp3) is 0.615. The second-order valence-electron chi connectivity index (χ2n) is 5.54. The zero-order chi connectivity index (χ0) is 19.0. The maximum absolute atomic E-state index is 12.3. The number of hydrogen-bond acceptors (Lipinski definition) is 6. The van der Waals surface area contributed by atoms with Gasteiger partial charge in [-0.15, -0.1) is 0 Å². The predicted molar refractivity (Wildman–Crippen MR) is 92.2 cm³/mol. The first-order valence-corrected chi connectivity index (χ1v) is 7.71. The van der Waals surface area contributed by atoms with Crippen molar-refractivity contribution in [3.8, 4) is 0 Å². The zero-order valence-corrected chi connectivity index (χ0v) is 14.1. The van der Waals surface area contributed by atoms with Gasteiger partial charge < -0.3 is 27.8 Å². The molecule has 1 aliphatic rings. The molecule has 1 rings (SSSR count). The normalized spacial score (nSPS) is 17.8. The van der Waals surface area contributed by atoms with Gasteiger partial charge in [-0.25, -0.2) is 9.79 Å². The molecule has 0 aromatic heterocycles. The Bertz CT molecular complexity index is 571. The molecule has 0 saturated carbocycles. The summed E-state index contributed by atoms with van der Waals surface area (Å²) in [5.74, 6) is -0.870. The van der Waals surface area contributed by atoms with Crippen molar-refractivity contribution in [3.63, 3.8) is 0 Å². The number of unbranched alkanes of at least 4 members (excludes halogenated alkanes) is 1. The molecule has 140 valence electrons. The Morgan fingerprint density at radius 2 is 2.08 bits per heavy atom. The van der Waals surface area contributed by atoms with E-state index < -0.39 is 24.0 Å². The Kier molecular flexibility index (Phi) is 7.59. The van der Waals surface area contributed by atoms with E-state index in [0.29, 0.717) is 25.8 Å². The molecule has 0 saturated heterocycles. The summed E-state index contributed by atoms with van der Waals surface area (Å²) in [4.78, 5) is 44.2. The molecule has 1 unspecified atom stereocenters. The van der Waals surface area contributed by atoms with Crippen LogP contribution in [0, 0.1) is 0 Å². The number of carbonyl (C=O) groups is 3. The van der Waals surface area contributed by atoms with E-state index in [1.54, 1.807) is 0 Å². The molecule has 2 atom stereocenters. The van der Waals surface area contributed by atoms with Crippen LogP contribution in [0.3, 0.4) is 0 Å². The van der Waals surface area contributed by atoms with Crippen LogP contribution in [0.25, 0.3) is 0 Å². The van der Waals surface area contributed by atoms with Crippen LogP contribution < -0.4 is 33.6 Å². The molecule has 0 spiro atoms. The van der Waals surface area contributed by atoms with Crippen LogP contribution in [0.1, 0.15) is 19.3 Å². The lowest BCUT2D eigenvalue weighted by atomic mass is 10.1. The standard InChI is InChI=1S/C13H25N9O3/c1-22(8-6-19-13(20-9(8)23)21-12(17)25)10(24)7(14)4-2-3-5-18-11(15)16/h7-8H,2-6,14H2,1H3,(H4,15,16,18)(H4,17,19,20,21,23,25)/t7-,8?/m0/s1. The molecule has 12 heteroatoms. The van der Waals surface area contributed by atoms with Gasteiger partial charge in [-0.1, -0.05) is 0 Å². The summed E-state index contributed by atoms with van der Waals surface area (Å²) in [7, 11) is 1.48.